The molecular formula is C11H19Cl3O2Si. The molecule has 17 heavy (non-hydrogen) atoms. The topological polar surface area (TPSA) is 26.3 Å². The van der Waals surface area contributed by atoms with Gasteiger partial charge in [-0.2, -0.15) is 0 Å². The van der Waals surface area contributed by atoms with E-state index < -0.39 is 12.2 Å². The van der Waals surface area contributed by atoms with Crippen LogP contribution in [0.4, 0.5) is 0 Å². The molecule has 0 heterocycles. The average Bonchev–Trinajstić information content (AvgIpc) is 2.19. The zero-order valence-corrected chi connectivity index (χ0v) is 13.3. The van der Waals surface area contributed by atoms with Crippen molar-refractivity contribution in [3.8, 4) is 0 Å². The van der Waals surface area contributed by atoms with Crippen LogP contribution in [0, 0.1) is 0 Å². The highest BCUT2D eigenvalue weighted by Gasteiger charge is 2.31. The van der Waals surface area contributed by atoms with E-state index in [1.807, 2.05) is 0 Å². The van der Waals surface area contributed by atoms with Crippen LogP contribution in [0.1, 0.15) is 51.9 Å². The molecule has 0 amide bonds. The van der Waals surface area contributed by atoms with Crippen LogP contribution < -0.4 is 0 Å². The Morgan fingerprint density at radius 3 is 2.29 bits per heavy atom. The summed E-state index contributed by atoms with van der Waals surface area (Å²) in [5, 5.41) is 0. The molecule has 0 fully saturated rings. The van der Waals surface area contributed by atoms with Crippen molar-refractivity contribution in [3.05, 3.63) is 12.2 Å². The van der Waals surface area contributed by atoms with Crippen molar-refractivity contribution in [2.24, 2.45) is 0 Å². The first-order valence-electron chi connectivity index (χ1n) is 5.92. The van der Waals surface area contributed by atoms with Gasteiger partial charge in [0, 0.05) is 6.08 Å². The predicted molar refractivity (Wildman–Crippen MR) is 76.5 cm³/mol. The maximum Gasteiger partial charge on any atom is 0.557 e. The highest BCUT2D eigenvalue weighted by atomic mass is 35.8. The Kier molecular flexibility index (Phi) is 10.4. The van der Waals surface area contributed by atoms with Crippen molar-refractivity contribution >= 4 is 45.5 Å². The zero-order valence-electron chi connectivity index (χ0n) is 10.1. The van der Waals surface area contributed by atoms with Crippen molar-refractivity contribution in [1.82, 2.24) is 0 Å². The lowest BCUT2D eigenvalue weighted by Gasteiger charge is -2.06. The van der Waals surface area contributed by atoms with E-state index in [-0.39, 0.29) is 0 Å². The lowest BCUT2D eigenvalue weighted by Crippen LogP contribution is -2.20. The molecule has 0 saturated heterocycles. The summed E-state index contributed by atoms with van der Waals surface area (Å²) in [4.78, 5) is 11.1. The molecule has 0 atom stereocenters. The van der Waals surface area contributed by atoms with Gasteiger partial charge in [-0.15, -0.1) is 0 Å². The van der Waals surface area contributed by atoms with Gasteiger partial charge in [-0.1, -0.05) is 78.3 Å². The fraction of sp³-hybridized carbons (Fsp3) is 0.727. The van der Waals surface area contributed by atoms with Gasteiger partial charge in [0.2, 0.25) is 0 Å². The average molecular weight is 318 g/mol. The van der Waals surface area contributed by atoms with Gasteiger partial charge in [0.15, 0.2) is 0 Å². The smallest absolute Gasteiger partial charge is 0.478 e. The van der Waals surface area contributed by atoms with Gasteiger partial charge in [-0.05, 0) is 12.8 Å². The molecular weight excluding hydrogens is 299 g/mol. The third kappa shape index (κ3) is 14.2. The van der Waals surface area contributed by atoms with E-state index in [4.69, 9.17) is 33.2 Å². The summed E-state index contributed by atoms with van der Waals surface area (Å²) in [5.41, 5.74) is 0. The Morgan fingerprint density at radius 2 is 1.71 bits per heavy atom. The van der Waals surface area contributed by atoms with Gasteiger partial charge < -0.3 is 4.43 Å². The van der Waals surface area contributed by atoms with E-state index in [0.717, 1.165) is 12.8 Å². The number of hydrogen-bond acceptors (Lipinski definition) is 2. The molecule has 2 nitrogen and oxygen atoms in total. The van der Waals surface area contributed by atoms with Gasteiger partial charge in [0.1, 0.15) is 0 Å². The normalized spacial score (nSPS) is 12.0. The molecule has 0 aliphatic rings. The summed E-state index contributed by atoms with van der Waals surface area (Å²) in [6.07, 6.45) is 8.06. The third-order valence-electron chi connectivity index (χ3n) is 2.19. The largest absolute Gasteiger partial charge is 0.557 e. The van der Waals surface area contributed by atoms with E-state index >= 15 is 0 Å². The van der Waals surface area contributed by atoms with Crippen molar-refractivity contribution in [3.63, 3.8) is 0 Å². The first kappa shape index (κ1) is 17.3. The van der Waals surface area contributed by atoms with E-state index in [2.05, 4.69) is 11.3 Å². The zero-order chi connectivity index (χ0) is 13.1. The quantitative estimate of drug-likeness (QED) is 0.259. The Labute approximate surface area is 119 Å². The minimum absolute atomic E-state index is 0.567. The number of allylic oxidation sites excluding steroid dienone is 1. The fourth-order valence-corrected chi connectivity index (χ4v) is 2.35. The molecule has 0 rings (SSSR count). The Hall–Kier alpha value is 0.297. The number of halogens is 3. The van der Waals surface area contributed by atoms with E-state index in [1.54, 1.807) is 6.08 Å². The summed E-state index contributed by atoms with van der Waals surface area (Å²) in [5.74, 6) is -0.567. The number of hydrogen-bond donors (Lipinski definition) is 0. The molecule has 6 heteroatoms. The molecule has 0 N–H and O–H groups in total. The van der Waals surface area contributed by atoms with Crippen LogP contribution in [0.3, 0.4) is 0 Å². The lowest BCUT2D eigenvalue weighted by molar-refractivity contribution is -0.129. The maximum atomic E-state index is 11.1. The molecule has 0 aliphatic carbocycles. The standard InChI is InChI=1S/C11H19Cl3O2Si/c1-2-3-4-5-6-7-8-9-10-11(15)16-17(12,13)14/h9-10H,2-8H2,1H3. The van der Waals surface area contributed by atoms with E-state index in [1.165, 1.54) is 38.2 Å². The van der Waals surface area contributed by atoms with Crippen LogP contribution in [0.15, 0.2) is 12.2 Å². The van der Waals surface area contributed by atoms with E-state index in [0.29, 0.717) is 0 Å². The molecule has 0 unspecified atom stereocenters. The van der Waals surface area contributed by atoms with Crippen LogP contribution >= 0.6 is 33.2 Å². The van der Waals surface area contributed by atoms with Crippen LogP contribution in [-0.2, 0) is 9.22 Å². The molecule has 0 aliphatic heterocycles. The second-order valence-electron chi connectivity index (χ2n) is 3.83. The van der Waals surface area contributed by atoms with Gasteiger partial charge in [0.05, 0.1) is 0 Å². The number of carbonyl (C=O) groups excluding carboxylic acids is 1. The number of unbranched alkanes of at least 4 members (excludes halogenated alkanes) is 6. The molecule has 0 radical (unpaired) electrons. The van der Waals surface area contributed by atoms with Crippen molar-refractivity contribution in [1.29, 1.82) is 0 Å². The molecule has 0 aromatic heterocycles. The summed E-state index contributed by atoms with van der Waals surface area (Å²) in [7, 11) is 0. The fourth-order valence-electron chi connectivity index (χ4n) is 1.37. The van der Waals surface area contributed by atoms with Crippen LogP contribution in [0.5, 0.6) is 0 Å². The van der Waals surface area contributed by atoms with E-state index in [9.17, 15) is 4.79 Å². The minimum atomic E-state index is -3.29. The highest BCUT2D eigenvalue weighted by Crippen LogP contribution is 2.21. The summed E-state index contributed by atoms with van der Waals surface area (Å²) >= 11 is 16.3. The maximum absolute atomic E-state index is 11.1. The SMILES string of the molecule is CCCCCCCCC=CC(=O)O[Si](Cl)(Cl)Cl. The first-order valence-corrected chi connectivity index (χ1v) is 10.9. The number of rotatable bonds is 9. The molecule has 0 spiro atoms. The van der Waals surface area contributed by atoms with Crippen molar-refractivity contribution in [2.45, 2.75) is 51.9 Å². The summed E-state index contributed by atoms with van der Waals surface area (Å²) < 4.78 is 4.61. The Morgan fingerprint density at radius 1 is 1.12 bits per heavy atom. The third-order valence-corrected chi connectivity index (χ3v) is 3.32. The van der Waals surface area contributed by atoms with Crippen molar-refractivity contribution in [2.75, 3.05) is 0 Å². The second kappa shape index (κ2) is 10.2. The molecule has 0 bridgehead atoms. The van der Waals surface area contributed by atoms with Crippen LogP contribution in [0.2, 0.25) is 0 Å². The predicted octanol–water partition coefficient (Wildman–Crippen LogP) is 4.99. The molecule has 0 aromatic rings. The minimum Gasteiger partial charge on any atom is -0.478 e. The molecule has 100 valence electrons. The lowest BCUT2D eigenvalue weighted by atomic mass is 10.1. The van der Waals surface area contributed by atoms with Crippen LogP contribution in [-0.4, -0.2) is 12.2 Å². The molecule has 0 aromatic carbocycles. The van der Waals surface area contributed by atoms with Gasteiger partial charge in [-0.3, -0.25) is 0 Å². The Balaban J connectivity index is 3.44. The first-order chi connectivity index (χ1) is 7.95. The van der Waals surface area contributed by atoms with Crippen LogP contribution in [0.25, 0.3) is 0 Å². The monoisotopic (exact) mass is 316 g/mol. The molecule has 0 saturated carbocycles. The van der Waals surface area contributed by atoms with Crippen molar-refractivity contribution < 1.29 is 9.22 Å². The Bertz CT molecular complexity index is 239. The van der Waals surface area contributed by atoms with Gasteiger partial charge in [0.25, 0.3) is 0 Å². The van der Waals surface area contributed by atoms with Gasteiger partial charge >= 0.3 is 12.2 Å². The highest BCUT2D eigenvalue weighted by molar-refractivity contribution is 7.62. The summed E-state index contributed by atoms with van der Waals surface area (Å²) in [6.45, 7) is 2.20. The second-order valence-corrected chi connectivity index (χ2v) is 11.5. The summed E-state index contributed by atoms with van der Waals surface area (Å²) in [6, 6.07) is 0. The van der Waals surface area contributed by atoms with Gasteiger partial charge in [-0.25, -0.2) is 4.79 Å². The number of carbonyl (C=O) groups is 1.